The van der Waals surface area contributed by atoms with Crippen molar-refractivity contribution in [1.82, 2.24) is 5.32 Å². The second-order valence-electron chi connectivity index (χ2n) is 5.26. The summed E-state index contributed by atoms with van der Waals surface area (Å²) in [6, 6.07) is 7.69. The van der Waals surface area contributed by atoms with Crippen molar-refractivity contribution >= 4 is 0 Å². The van der Waals surface area contributed by atoms with Crippen molar-refractivity contribution in [3.8, 4) is 0 Å². The lowest BCUT2D eigenvalue weighted by Gasteiger charge is -2.21. The third-order valence-corrected chi connectivity index (χ3v) is 4.12. The molecule has 1 aromatic rings. The van der Waals surface area contributed by atoms with Crippen molar-refractivity contribution in [2.75, 3.05) is 6.54 Å². The molecule has 0 spiro atoms. The summed E-state index contributed by atoms with van der Waals surface area (Å²) >= 11 is 0. The molecule has 0 aromatic heterocycles. The highest BCUT2D eigenvalue weighted by atomic mass is 14.9. The molecular formula is C15H21N. The lowest BCUT2D eigenvalue weighted by Crippen LogP contribution is -2.24. The van der Waals surface area contributed by atoms with E-state index >= 15 is 0 Å². The minimum absolute atomic E-state index is 0.744. The molecule has 1 aliphatic carbocycles. The molecule has 1 heterocycles. The first-order chi connectivity index (χ1) is 7.93. The third-order valence-electron chi connectivity index (χ3n) is 4.12. The van der Waals surface area contributed by atoms with E-state index in [0.29, 0.717) is 0 Å². The highest BCUT2D eigenvalue weighted by Crippen LogP contribution is 2.26. The lowest BCUT2D eigenvalue weighted by molar-refractivity contribution is 0.593. The highest BCUT2D eigenvalue weighted by Gasteiger charge is 2.18. The normalized spacial score (nSPS) is 24.4. The summed E-state index contributed by atoms with van der Waals surface area (Å²) in [4.78, 5) is 0. The molecule has 0 bridgehead atoms. The smallest absolute Gasteiger partial charge is 0.0108 e. The molecule has 1 nitrogen and oxygen atoms in total. The molecule has 0 amide bonds. The van der Waals surface area contributed by atoms with Gasteiger partial charge in [-0.05, 0) is 68.2 Å². The Hall–Kier alpha value is -0.820. The van der Waals surface area contributed by atoms with Crippen LogP contribution in [0.2, 0.25) is 0 Å². The van der Waals surface area contributed by atoms with E-state index < -0.39 is 0 Å². The fourth-order valence-corrected chi connectivity index (χ4v) is 3.25. The fourth-order valence-electron chi connectivity index (χ4n) is 3.25. The largest absolute Gasteiger partial charge is 0.314 e. The monoisotopic (exact) mass is 215 g/mol. The van der Waals surface area contributed by atoms with Gasteiger partial charge in [-0.2, -0.15) is 0 Å². The van der Waals surface area contributed by atoms with Gasteiger partial charge in [-0.1, -0.05) is 18.2 Å². The van der Waals surface area contributed by atoms with Gasteiger partial charge in [0.2, 0.25) is 0 Å². The maximum Gasteiger partial charge on any atom is 0.0108 e. The first-order valence-electron chi connectivity index (χ1n) is 6.76. The minimum Gasteiger partial charge on any atom is -0.314 e. The number of aryl methyl sites for hydroxylation is 1. The Balaban J connectivity index is 1.82. The average molecular weight is 215 g/mol. The van der Waals surface area contributed by atoms with Crippen LogP contribution < -0.4 is 5.32 Å². The van der Waals surface area contributed by atoms with Crippen LogP contribution in [0.15, 0.2) is 18.2 Å². The minimum atomic E-state index is 0.744. The van der Waals surface area contributed by atoms with E-state index in [0.717, 1.165) is 6.04 Å². The van der Waals surface area contributed by atoms with Gasteiger partial charge in [0.25, 0.3) is 0 Å². The van der Waals surface area contributed by atoms with Crippen molar-refractivity contribution < 1.29 is 0 Å². The van der Waals surface area contributed by atoms with Gasteiger partial charge in [0.15, 0.2) is 0 Å². The zero-order valence-electron chi connectivity index (χ0n) is 9.97. The molecule has 16 heavy (non-hydrogen) atoms. The molecule has 86 valence electrons. The molecule has 1 unspecified atom stereocenters. The average Bonchev–Trinajstić information content (AvgIpc) is 2.82. The molecule has 3 rings (SSSR count). The molecule has 0 radical (unpaired) electrons. The second-order valence-corrected chi connectivity index (χ2v) is 5.26. The summed E-state index contributed by atoms with van der Waals surface area (Å²) in [5, 5.41) is 3.61. The molecule has 0 saturated carbocycles. The summed E-state index contributed by atoms with van der Waals surface area (Å²) < 4.78 is 0. The summed E-state index contributed by atoms with van der Waals surface area (Å²) in [6.07, 6.45) is 9.38. The van der Waals surface area contributed by atoms with Crippen molar-refractivity contribution in [1.29, 1.82) is 0 Å². The Morgan fingerprint density at radius 1 is 1.12 bits per heavy atom. The lowest BCUT2D eigenvalue weighted by atomic mass is 9.86. The van der Waals surface area contributed by atoms with Crippen LogP contribution in [0.25, 0.3) is 0 Å². The van der Waals surface area contributed by atoms with Crippen LogP contribution in [0.1, 0.15) is 42.4 Å². The van der Waals surface area contributed by atoms with E-state index in [2.05, 4.69) is 23.5 Å². The van der Waals surface area contributed by atoms with E-state index in [4.69, 9.17) is 0 Å². The Bertz CT molecular complexity index is 364. The number of hydrogen-bond donors (Lipinski definition) is 1. The molecular weight excluding hydrogens is 194 g/mol. The van der Waals surface area contributed by atoms with Gasteiger partial charge in [-0.25, -0.2) is 0 Å². The molecule has 1 atom stereocenters. The van der Waals surface area contributed by atoms with Crippen LogP contribution >= 0.6 is 0 Å². The fraction of sp³-hybridized carbons (Fsp3) is 0.600. The Morgan fingerprint density at radius 3 is 2.94 bits per heavy atom. The van der Waals surface area contributed by atoms with E-state index in [-0.39, 0.29) is 0 Å². The summed E-state index contributed by atoms with van der Waals surface area (Å²) in [7, 11) is 0. The van der Waals surface area contributed by atoms with Gasteiger partial charge in [0.1, 0.15) is 0 Å². The van der Waals surface area contributed by atoms with Crippen molar-refractivity contribution in [3.05, 3.63) is 34.9 Å². The van der Waals surface area contributed by atoms with E-state index in [1.54, 1.807) is 16.7 Å². The maximum absolute atomic E-state index is 3.61. The van der Waals surface area contributed by atoms with Crippen molar-refractivity contribution in [3.63, 3.8) is 0 Å². The Morgan fingerprint density at radius 2 is 2.06 bits per heavy atom. The van der Waals surface area contributed by atoms with E-state index in [1.165, 1.54) is 51.5 Å². The zero-order valence-corrected chi connectivity index (χ0v) is 9.97. The Kier molecular flexibility index (Phi) is 2.96. The zero-order chi connectivity index (χ0) is 10.8. The molecule has 1 N–H and O–H groups in total. The second kappa shape index (κ2) is 4.58. The maximum atomic E-state index is 3.61. The van der Waals surface area contributed by atoms with Gasteiger partial charge < -0.3 is 5.32 Å². The quantitative estimate of drug-likeness (QED) is 0.800. The van der Waals surface area contributed by atoms with E-state index in [9.17, 15) is 0 Å². The van der Waals surface area contributed by atoms with Gasteiger partial charge in [0.05, 0.1) is 0 Å². The van der Waals surface area contributed by atoms with Crippen LogP contribution in [-0.2, 0) is 19.3 Å². The van der Waals surface area contributed by atoms with Crippen LogP contribution in [0.5, 0.6) is 0 Å². The van der Waals surface area contributed by atoms with Gasteiger partial charge >= 0.3 is 0 Å². The van der Waals surface area contributed by atoms with E-state index in [1.807, 2.05) is 0 Å². The SMILES string of the molecule is c1cc2c(c(CC3CCCN3)c1)CCCC2. The molecule has 2 aliphatic rings. The first-order valence-corrected chi connectivity index (χ1v) is 6.76. The van der Waals surface area contributed by atoms with Gasteiger partial charge in [-0.3, -0.25) is 0 Å². The third kappa shape index (κ3) is 2.01. The standard InChI is InChI=1S/C15H21N/c1-2-9-15-12(5-1)6-3-7-13(15)11-14-8-4-10-16-14/h3,6-7,14,16H,1-2,4-5,8-11H2. The number of benzene rings is 1. The van der Waals surface area contributed by atoms with Crippen LogP contribution in [0, 0.1) is 0 Å². The van der Waals surface area contributed by atoms with Crippen molar-refractivity contribution in [2.24, 2.45) is 0 Å². The van der Waals surface area contributed by atoms with Crippen LogP contribution in [0.4, 0.5) is 0 Å². The Labute approximate surface area is 98.3 Å². The molecule has 1 fully saturated rings. The number of rotatable bonds is 2. The predicted octanol–water partition coefficient (Wildman–Crippen LogP) is 2.86. The highest BCUT2D eigenvalue weighted by molar-refractivity contribution is 5.37. The number of nitrogens with one attached hydrogen (secondary N) is 1. The first kappa shape index (κ1) is 10.3. The molecule has 1 aromatic carbocycles. The summed E-state index contributed by atoms with van der Waals surface area (Å²) in [6.45, 7) is 1.22. The molecule has 1 saturated heterocycles. The van der Waals surface area contributed by atoms with Crippen molar-refractivity contribution in [2.45, 2.75) is 51.0 Å². The topological polar surface area (TPSA) is 12.0 Å². The van der Waals surface area contributed by atoms with Crippen LogP contribution in [0.3, 0.4) is 0 Å². The number of fused-ring (bicyclic) bond motifs is 1. The predicted molar refractivity (Wildman–Crippen MR) is 67.8 cm³/mol. The van der Waals surface area contributed by atoms with Gasteiger partial charge in [-0.15, -0.1) is 0 Å². The molecule has 1 heteroatoms. The molecule has 1 aliphatic heterocycles. The summed E-state index contributed by atoms with van der Waals surface area (Å²) in [5.74, 6) is 0. The van der Waals surface area contributed by atoms with Crippen LogP contribution in [-0.4, -0.2) is 12.6 Å². The summed E-state index contributed by atoms with van der Waals surface area (Å²) in [5.41, 5.74) is 4.93. The van der Waals surface area contributed by atoms with Gasteiger partial charge in [0, 0.05) is 6.04 Å². The number of hydrogen-bond acceptors (Lipinski definition) is 1.